The lowest BCUT2D eigenvalue weighted by Crippen LogP contribution is -2.03. The molecule has 5 nitrogen and oxygen atoms in total. The molecule has 0 unspecified atom stereocenters. The highest BCUT2D eigenvalue weighted by Crippen LogP contribution is 2.35. The Hall–Kier alpha value is -3.25. The number of hydrogen-bond donors (Lipinski definition) is 2. The topological polar surface area (TPSA) is 79.9 Å². The molecule has 140 valence electrons. The smallest absolute Gasteiger partial charge is 0.238 e. The van der Waals surface area contributed by atoms with Gasteiger partial charge in [0.25, 0.3) is 0 Å². The van der Waals surface area contributed by atoms with Gasteiger partial charge < -0.3 is 19.4 Å². The maximum absolute atomic E-state index is 12.6. The second-order valence-electron chi connectivity index (χ2n) is 6.21. The second kappa shape index (κ2) is 7.40. The van der Waals surface area contributed by atoms with Gasteiger partial charge >= 0.3 is 0 Å². The second-order valence-corrected chi connectivity index (χ2v) is 7.12. The summed E-state index contributed by atoms with van der Waals surface area (Å²) in [5.41, 5.74) is 0.934. The lowest BCUT2D eigenvalue weighted by Gasteiger charge is -2.10. The minimum absolute atomic E-state index is 0.0440. The number of aromatic hydroxyl groups is 2. The van der Waals surface area contributed by atoms with E-state index in [0.717, 1.165) is 10.0 Å². The molecule has 0 atom stereocenters. The third kappa shape index (κ3) is 3.46. The average Bonchev–Trinajstić information content (AvgIpc) is 2.70. The summed E-state index contributed by atoms with van der Waals surface area (Å²) in [7, 11) is 0. The van der Waals surface area contributed by atoms with Crippen molar-refractivity contribution in [2.45, 2.75) is 6.61 Å². The molecule has 2 N–H and O–H groups in total. The van der Waals surface area contributed by atoms with Gasteiger partial charge in [0.2, 0.25) is 11.2 Å². The van der Waals surface area contributed by atoms with E-state index in [1.54, 1.807) is 24.3 Å². The van der Waals surface area contributed by atoms with Crippen LogP contribution >= 0.6 is 15.9 Å². The number of ether oxygens (including phenoxy) is 1. The van der Waals surface area contributed by atoms with Crippen LogP contribution in [-0.2, 0) is 6.61 Å². The molecule has 0 saturated heterocycles. The third-order valence-electron chi connectivity index (χ3n) is 4.28. The van der Waals surface area contributed by atoms with Gasteiger partial charge in [-0.25, -0.2) is 0 Å². The molecule has 1 heterocycles. The summed E-state index contributed by atoms with van der Waals surface area (Å²) in [6.45, 7) is 0.284. The molecule has 0 amide bonds. The maximum Gasteiger partial charge on any atom is 0.238 e. The Morgan fingerprint density at radius 1 is 0.964 bits per heavy atom. The van der Waals surface area contributed by atoms with Crippen molar-refractivity contribution >= 4 is 26.9 Å². The van der Waals surface area contributed by atoms with E-state index in [1.165, 1.54) is 12.1 Å². The van der Waals surface area contributed by atoms with Crippen molar-refractivity contribution in [3.8, 4) is 28.6 Å². The highest BCUT2D eigenvalue weighted by atomic mass is 79.9. The fourth-order valence-corrected chi connectivity index (χ4v) is 3.14. The first kappa shape index (κ1) is 18.1. The van der Waals surface area contributed by atoms with E-state index in [9.17, 15) is 15.0 Å². The first-order chi connectivity index (χ1) is 13.5. The minimum atomic E-state index is -0.697. The quantitative estimate of drug-likeness (QED) is 0.456. The number of phenolic OH excluding ortho intramolecular Hbond substituents is 1. The van der Waals surface area contributed by atoms with Crippen LogP contribution in [0.3, 0.4) is 0 Å². The summed E-state index contributed by atoms with van der Waals surface area (Å²) in [6.07, 6.45) is 0. The van der Waals surface area contributed by atoms with Crippen LogP contribution in [0.4, 0.5) is 0 Å². The molecule has 6 heteroatoms. The molecule has 0 aliphatic carbocycles. The molecule has 0 aliphatic rings. The van der Waals surface area contributed by atoms with Crippen molar-refractivity contribution in [2.75, 3.05) is 0 Å². The number of fused-ring (bicyclic) bond motifs is 1. The van der Waals surface area contributed by atoms with Crippen LogP contribution in [-0.4, -0.2) is 10.2 Å². The van der Waals surface area contributed by atoms with E-state index in [-0.39, 0.29) is 29.1 Å². The molecular formula is C22H15BrO5. The number of benzene rings is 3. The zero-order valence-corrected chi connectivity index (χ0v) is 16.1. The van der Waals surface area contributed by atoms with Gasteiger partial charge in [-0.15, -0.1) is 0 Å². The van der Waals surface area contributed by atoms with Crippen molar-refractivity contribution in [1.29, 1.82) is 0 Å². The predicted octanol–water partition coefficient (Wildman–Crippen LogP) is 5.21. The molecule has 0 spiro atoms. The van der Waals surface area contributed by atoms with Gasteiger partial charge in [-0.3, -0.25) is 4.79 Å². The Kier molecular flexibility index (Phi) is 4.79. The highest BCUT2D eigenvalue weighted by molar-refractivity contribution is 9.10. The fraction of sp³-hybridized carbons (Fsp3) is 0.0455. The van der Waals surface area contributed by atoms with Crippen molar-refractivity contribution in [3.05, 3.63) is 87.0 Å². The van der Waals surface area contributed by atoms with Crippen molar-refractivity contribution in [2.24, 2.45) is 0 Å². The SMILES string of the molecule is O=c1c(O)c(-c2ccccc2)oc2cc(OCc3ccc(Br)cc3)cc(O)c12. The van der Waals surface area contributed by atoms with Gasteiger partial charge in [-0.1, -0.05) is 58.4 Å². The molecule has 28 heavy (non-hydrogen) atoms. The molecule has 0 aliphatic heterocycles. The molecule has 0 saturated carbocycles. The fourth-order valence-electron chi connectivity index (χ4n) is 2.88. The predicted molar refractivity (Wildman–Crippen MR) is 110 cm³/mol. The molecule has 3 aromatic carbocycles. The molecule has 0 fully saturated rings. The first-order valence-corrected chi connectivity index (χ1v) is 9.27. The van der Waals surface area contributed by atoms with Gasteiger partial charge in [0, 0.05) is 22.2 Å². The lowest BCUT2D eigenvalue weighted by atomic mass is 10.1. The van der Waals surface area contributed by atoms with Crippen LogP contribution in [0.25, 0.3) is 22.3 Å². The molecule has 4 rings (SSSR count). The Balaban J connectivity index is 1.75. The number of hydrogen-bond acceptors (Lipinski definition) is 5. The Morgan fingerprint density at radius 3 is 2.39 bits per heavy atom. The van der Waals surface area contributed by atoms with Crippen LogP contribution in [0.15, 0.2) is 80.4 Å². The maximum atomic E-state index is 12.6. The molecule has 4 aromatic rings. The number of phenols is 1. The van der Waals surface area contributed by atoms with E-state index in [0.29, 0.717) is 11.3 Å². The highest BCUT2D eigenvalue weighted by Gasteiger charge is 2.18. The zero-order valence-electron chi connectivity index (χ0n) is 14.6. The summed E-state index contributed by atoms with van der Waals surface area (Å²) in [6, 6.07) is 19.3. The van der Waals surface area contributed by atoms with Crippen LogP contribution in [0.2, 0.25) is 0 Å². The summed E-state index contributed by atoms with van der Waals surface area (Å²) >= 11 is 3.38. The van der Waals surface area contributed by atoms with Crippen molar-refractivity contribution < 1.29 is 19.4 Å². The van der Waals surface area contributed by atoms with Crippen LogP contribution in [0.1, 0.15) is 5.56 Å². The molecular weight excluding hydrogens is 424 g/mol. The van der Waals surface area contributed by atoms with Crippen LogP contribution in [0, 0.1) is 0 Å². The summed E-state index contributed by atoms with van der Waals surface area (Å²) in [4.78, 5) is 12.6. The summed E-state index contributed by atoms with van der Waals surface area (Å²) < 4.78 is 12.5. The van der Waals surface area contributed by atoms with Crippen molar-refractivity contribution in [3.63, 3.8) is 0 Å². The summed E-state index contributed by atoms with van der Waals surface area (Å²) in [5, 5.41) is 20.5. The molecule has 0 radical (unpaired) electrons. The van der Waals surface area contributed by atoms with Gasteiger partial charge in [0.15, 0.2) is 5.76 Å². The van der Waals surface area contributed by atoms with Gasteiger partial charge in [0.05, 0.1) is 0 Å². The van der Waals surface area contributed by atoms with E-state index in [1.807, 2.05) is 30.3 Å². The Morgan fingerprint density at radius 2 is 1.68 bits per heavy atom. The Bertz CT molecular complexity index is 1200. The average molecular weight is 439 g/mol. The third-order valence-corrected chi connectivity index (χ3v) is 4.81. The van der Waals surface area contributed by atoms with Crippen LogP contribution < -0.4 is 10.2 Å². The van der Waals surface area contributed by atoms with E-state index in [4.69, 9.17) is 9.15 Å². The van der Waals surface area contributed by atoms with E-state index < -0.39 is 11.2 Å². The number of rotatable bonds is 4. The largest absolute Gasteiger partial charge is 0.507 e. The normalized spacial score (nSPS) is 10.9. The summed E-state index contributed by atoms with van der Waals surface area (Å²) in [5.74, 6) is -0.465. The van der Waals surface area contributed by atoms with Gasteiger partial charge in [-0.05, 0) is 17.7 Å². The molecule has 0 bridgehead atoms. The van der Waals surface area contributed by atoms with Crippen LogP contribution in [0.5, 0.6) is 17.2 Å². The van der Waals surface area contributed by atoms with Crippen molar-refractivity contribution in [1.82, 2.24) is 0 Å². The Labute approximate surface area is 168 Å². The van der Waals surface area contributed by atoms with E-state index >= 15 is 0 Å². The van der Waals surface area contributed by atoms with Gasteiger partial charge in [0.1, 0.15) is 29.1 Å². The molecule has 1 aromatic heterocycles. The monoisotopic (exact) mass is 438 g/mol. The standard InChI is InChI=1S/C22H15BrO5/c23-15-8-6-13(7-9-15)12-27-16-10-17(24)19-18(11-16)28-22(21(26)20(19)25)14-4-2-1-3-5-14/h1-11,24,26H,12H2. The lowest BCUT2D eigenvalue weighted by molar-refractivity contribution is 0.304. The van der Waals surface area contributed by atoms with Gasteiger partial charge in [-0.2, -0.15) is 0 Å². The number of halogens is 1. The minimum Gasteiger partial charge on any atom is -0.507 e. The van der Waals surface area contributed by atoms with E-state index in [2.05, 4.69) is 15.9 Å². The first-order valence-electron chi connectivity index (χ1n) is 8.48. The zero-order chi connectivity index (χ0) is 19.7.